The monoisotopic (exact) mass is 544 g/mol. The van der Waals surface area contributed by atoms with Crippen LogP contribution in [0.25, 0.3) is 0 Å². The molecular weight excluding hydrogens is 500 g/mol. The zero-order valence-electron chi connectivity index (χ0n) is 22.7. The number of hydrogen-bond donors (Lipinski definition) is 6. The minimum Gasteiger partial charge on any atom is -0.390 e. The van der Waals surface area contributed by atoms with Gasteiger partial charge in [-0.1, -0.05) is 43.7 Å². The topological polar surface area (TPSA) is 117 Å². The molecule has 1 saturated heterocycles. The average molecular weight is 545 g/mol. The van der Waals surface area contributed by atoms with Crippen molar-refractivity contribution < 1.29 is 19.0 Å². The molecule has 2 aromatic rings. The standard InChI is InChI=1S/C29H44N4O4S/c1-3-12-29(13-14-29)31-21-27(34)26(17-22-10-6-5-7-11-22)32-28(35)23-18-24(30-4-2)20-25(19-23)33-15-8-9-16-38(33,36)37/h5-7,10-11,18-20,26-27,30-31,34,36-37H,3-4,8-9,12-17,21H2,1-2H3,(H,32,35). The number of amides is 1. The molecule has 1 aliphatic heterocycles. The van der Waals surface area contributed by atoms with Crippen LogP contribution in [0.5, 0.6) is 0 Å². The second-order valence-corrected chi connectivity index (χ2v) is 12.8. The molecule has 2 aliphatic rings. The summed E-state index contributed by atoms with van der Waals surface area (Å²) in [5.41, 5.74) is 2.94. The van der Waals surface area contributed by atoms with E-state index >= 15 is 0 Å². The summed E-state index contributed by atoms with van der Waals surface area (Å²) in [4.78, 5) is 13.6. The summed E-state index contributed by atoms with van der Waals surface area (Å²) in [6.07, 6.45) is 5.80. The van der Waals surface area contributed by atoms with Crippen molar-refractivity contribution in [1.82, 2.24) is 10.6 Å². The fraction of sp³-hybridized carbons (Fsp3) is 0.552. The molecule has 0 bridgehead atoms. The average Bonchev–Trinajstić information content (AvgIpc) is 3.67. The van der Waals surface area contributed by atoms with Crippen molar-refractivity contribution in [3.05, 3.63) is 59.7 Å². The molecule has 6 N–H and O–H groups in total. The fourth-order valence-electron chi connectivity index (χ4n) is 5.31. The molecule has 0 spiro atoms. The van der Waals surface area contributed by atoms with Gasteiger partial charge in [0.25, 0.3) is 5.91 Å². The van der Waals surface area contributed by atoms with E-state index in [2.05, 4.69) is 22.9 Å². The highest BCUT2D eigenvalue weighted by Gasteiger charge is 2.41. The Hall–Kier alpha value is -2.30. The molecule has 210 valence electrons. The Morgan fingerprint density at radius 2 is 1.87 bits per heavy atom. The van der Waals surface area contributed by atoms with Crippen LogP contribution in [-0.2, 0) is 6.42 Å². The second-order valence-electron chi connectivity index (χ2n) is 10.7. The first-order valence-corrected chi connectivity index (χ1v) is 15.6. The zero-order valence-corrected chi connectivity index (χ0v) is 23.5. The minimum absolute atomic E-state index is 0.129. The third kappa shape index (κ3) is 7.42. The summed E-state index contributed by atoms with van der Waals surface area (Å²) in [6.45, 7) is 5.76. The Morgan fingerprint density at radius 1 is 1.11 bits per heavy atom. The third-order valence-electron chi connectivity index (χ3n) is 7.58. The van der Waals surface area contributed by atoms with Gasteiger partial charge in [0.2, 0.25) is 0 Å². The van der Waals surface area contributed by atoms with E-state index in [1.54, 1.807) is 16.4 Å². The van der Waals surface area contributed by atoms with Gasteiger partial charge in [0.1, 0.15) is 0 Å². The van der Waals surface area contributed by atoms with E-state index in [1.165, 1.54) is 0 Å². The fourth-order valence-corrected chi connectivity index (χ4v) is 6.99. The molecule has 1 saturated carbocycles. The Morgan fingerprint density at radius 3 is 2.53 bits per heavy atom. The van der Waals surface area contributed by atoms with Crippen LogP contribution in [0.2, 0.25) is 0 Å². The Balaban J connectivity index is 1.55. The molecule has 1 aliphatic carbocycles. The summed E-state index contributed by atoms with van der Waals surface area (Å²) in [5.74, 6) is 0.0341. The van der Waals surface area contributed by atoms with Gasteiger partial charge in [0, 0.05) is 36.4 Å². The van der Waals surface area contributed by atoms with E-state index in [-0.39, 0.29) is 11.4 Å². The largest absolute Gasteiger partial charge is 0.390 e. The maximum Gasteiger partial charge on any atom is 0.251 e. The van der Waals surface area contributed by atoms with Gasteiger partial charge >= 0.3 is 0 Å². The van der Waals surface area contributed by atoms with Crippen LogP contribution in [0.1, 0.15) is 68.3 Å². The number of nitrogens with one attached hydrogen (secondary N) is 3. The molecule has 2 aromatic carbocycles. The molecule has 0 aromatic heterocycles. The molecule has 0 radical (unpaired) electrons. The molecule has 9 heteroatoms. The number of β-amino-alcohol motifs (C(OH)–C–C–N with tert-alkyl or cyclic N) is 1. The number of benzene rings is 2. The van der Waals surface area contributed by atoms with Crippen molar-refractivity contribution in [3.63, 3.8) is 0 Å². The van der Waals surface area contributed by atoms with Gasteiger partial charge in [0.15, 0.2) is 0 Å². The first-order valence-electron chi connectivity index (χ1n) is 14.0. The molecule has 2 atom stereocenters. The predicted octanol–water partition coefficient (Wildman–Crippen LogP) is 5.01. The van der Waals surface area contributed by atoms with Crippen LogP contribution in [0.3, 0.4) is 0 Å². The van der Waals surface area contributed by atoms with E-state index in [0.717, 1.165) is 49.8 Å². The molecular formula is C29H44N4O4S. The molecule has 1 amide bonds. The van der Waals surface area contributed by atoms with E-state index in [9.17, 15) is 19.0 Å². The Kier molecular flexibility index (Phi) is 9.59. The molecule has 4 rings (SSSR count). The predicted molar refractivity (Wildman–Crippen MR) is 157 cm³/mol. The van der Waals surface area contributed by atoms with Gasteiger partial charge in [-0.2, -0.15) is 0 Å². The highest BCUT2D eigenvalue weighted by atomic mass is 32.3. The number of carbonyl (C=O) groups is 1. The first kappa shape index (κ1) is 28.7. The second kappa shape index (κ2) is 12.7. The number of aliphatic hydroxyl groups is 1. The number of rotatable bonds is 13. The summed E-state index contributed by atoms with van der Waals surface area (Å²) in [5, 5.41) is 21.2. The lowest BCUT2D eigenvalue weighted by atomic mass is 9.99. The number of nitrogens with zero attached hydrogens (tertiary/aromatic N) is 1. The summed E-state index contributed by atoms with van der Waals surface area (Å²) in [7, 11) is -2.92. The highest BCUT2D eigenvalue weighted by Crippen LogP contribution is 2.50. The number of anilines is 2. The van der Waals surface area contributed by atoms with Crippen molar-refractivity contribution in [1.29, 1.82) is 0 Å². The van der Waals surface area contributed by atoms with Crippen molar-refractivity contribution in [2.45, 2.75) is 76.5 Å². The van der Waals surface area contributed by atoms with E-state index in [1.807, 2.05) is 43.3 Å². The van der Waals surface area contributed by atoms with Crippen LogP contribution in [0.15, 0.2) is 48.5 Å². The van der Waals surface area contributed by atoms with Crippen LogP contribution in [0, 0.1) is 0 Å². The lowest BCUT2D eigenvalue weighted by Crippen LogP contribution is -2.50. The molecule has 38 heavy (non-hydrogen) atoms. The van der Waals surface area contributed by atoms with Crippen LogP contribution in [0.4, 0.5) is 11.4 Å². The van der Waals surface area contributed by atoms with Crippen LogP contribution in [-0.4, -0.2) is 63.2 Å². The van der Waals surface area contributed by atoms with Gasteiger partial charge in [0.05, 0.1) is 23.6 Å². The summed E-state index contributed by atoms with van der Waals surface area (Å²) < 4.78 is 23.0. The molecule has 2 fully saturated rings. The van der Waals surface area contributed by atoms with E-state index in [4.69, 9.17) is 0 Å². The summed E-state index contributed by atoms with van der Waals surface area (Å²) in [6, 6.07) is 14.8. The van der Waals surface area contributed by atoms with Gasteiger partial charge in [-0.3, -0.25) is 18.2 Å². The molecule has 2 unspecified atom stereocenters. The lowest BCUT2D eigenvalue weighted by molar-refractivity contribution is 0.0821. The number of carbonyl (C=O) groups excluding carboxylic acids is 1. The quantitative estimate of drug-likeness (QED) is 0.210. The van der Waals surface area contributed by atoms with Crippen LogP contribution < -0.4 is 20.3 Å². The maximum absolute atomic E-state index is 13.6. The Labute approximate surface area is 228 Å². The van der Waals surface area contributed by atoms with E-state index < -0.39 is 22.9 Å². The highest BCUT2D eigenvalue weighted by molar-refractivity contribution is 8.25. The number of aliphatic hydroxyl groups excluding tert-OH is 1. The van der Waals surface area contributed by atoms with Crippen molar-refractivity contribution in [2.75, 3.05) is 35.0 Å². The minimum atomic E-state index is -2.92. The SMILES string of the molecule is CCCC1(NCC(O)C(Cc2ccccc2)NC(=O)c2cc(NCC)cc(N3CCCCS3(O)O)c2)CC1. The van der Waals surface area contributed by atoms with Crippen LogP contribution >= 0.6 is 10.8 Å². The summed E-state index contributed by atoms with van der Waals surface area (Å²) >= 11 is 0. The first-order chi connectivity index (χ1) is 18.2. The molecule has 8 nitrogen and oxygen atoms in total. The van der Waals surface area contributed by atoms with E-state index in [0.29, 0.717) is 43.1 Å². The third-order valence-corrected chi connectivity index (χ3v) is 9.51. The van der Waals surface area contributed by atoms with Crippen molar-refractivity contribution in [2.24, 2.45) is 0 Å². The normalized spacial score (nSPS) is 20.3. The van der Waals surface area contributed by atoms with Gasteiger partial charge in [-0.25, -0.2) is 0 Å². The van der Waals surface area contributed by atoms with Crippen molar-refractivity contribution >= 4 is 28.1 Å². The smallest absolute Gasteiger partial charge is 0.251 e. The van der Waals surface area contributed by atoms with Crippen molar-refractivity contribution in [3.8, 4) is 0 Å². The lowest BCUT2D eigenvalue weighted by Gasteiger charge is -2.47. The van der Waals surface area contributed by atoms with Gasteiger partial charge < -0.3 is 21.1 Å². The van der Waals surface area contributed by atoms with Gasteiger partial charge in [-0.05, 0) is 69.2 Å². The maximum atomic E-state index is 13.6. The zero-order chi connectivity index (χ0) is 27.2. The molecule has 1 heterocycles. The Bertz CT molecular complexity index is 1060. The number of hydrogen-bond acceptors (Lipinski definition) is 7. The van der Waals surface area contributed by atoms with Gasteiger partial charge in [-0.15, -0.1) is 10.8 Å².